The molecule has 0 aliphatic carbocycles. The van der Waals surface area contributed by atoms with E-state index in [0.717, 1.165) is 24.4 Å². The van der Waals surface area contributed by atoms with Gasteiger partial charge in [-0.15, -0.1) is 0 Å². The van der Waals surface area contributed by atoms with E-state index in [0.29, 0.717) is 12.6 Å². The average molecular weight is 238 g/mol. The van der Waals surface area contributed by atoms with E-state index in [1.807, 2.05) is 6.07 Å². The van der Waals surface area contributed by atoms with Crippen molar-refractivity contribution in [3.8, 4) is 0 Å². The number of hydrogen-bond acceptors (Lipinski definition) is 3. The zero-order valence-corrected chi connectivity index (χ0v) is 11.4. The van der Waals surface area contributed by atoms with Gasteiger partial charge in [0.1, 0.15) is 5.76 Å². The first-order chi connectivity index (χ1) is 8.19. The molecule has 0 atom stereocenters. The first-order valence-corrected chi connectivity index (χ1v) is 6.68. The van der Waals surface area contributed by atoms with Crippen molar-refractivity contribution in [1.29, 1.82) is 0 Å². The second-order valence-electron chi connectivity index (χ2n) is 4.84. The van der Waals surface area contributed by atoms with Gasteiger partial charge in [0.2, 0.25) is 0 Å². The molecule has 2 N–H and O–H groups in total. The third-order valence-electron chi connectivity index (χ3n) is 3.18. The van der Waals surface area contributed by atoms with Crippen LogP contribution in [0.4, 0.5) is 0 Å². The Hall–Kier alpha value is -0.800. The van der Waals surface area contributed by atoms with Gasteiger partial charge in [-0.1, -0.05) is 19.8 Å². The number of nitrogens with zero attached hydrogens (tertiary/aromatic N) is 1. The molecule has 17 heavy (non-hydrogen) atoms. The first-order valence-electron chi connectivity index (χ1n) is 6.68. The van der Waals surface area contributed by atoms with E-state index in [1.165, 1.54) is 19.3 Å². The summed E-state index contributed by atoms with van der Waals surface area (Å²) < 4.78 is 5.52. The molecular weight excluding hydrogens is 212 g/mol. The largest absolute Gasteiger partial charge is 0.468 e. The van der Waals surface area contributed by atoms with E-state index < -0.39 is 0 Å². The highest BCUT2D eigenvalue weighted by atomic mass is 16.3. The van der Waals surface area contributed by atoms with Crippen LogP contribution < -0.4 is 5.73 Å². The normalized spacial score (nSPS) is 11.6. The van der Waals surface area contributed by atoms with Crippen LogP contribution in [0.15, 0.2) is 16.7 Å². The molecule has 0 aliphatic heterocycles. The Morgan fingerprint density at radius 3 is 2.71 bits per heavy atom. The van der Waals surface area contributed by atoms with Crippen LogP contribution in [-0.4, -0.2) is 17.5 Å². The Balaban J connectivity index is 2.54. The predicted molar refractivity (Wildman–Crippen MR) is 71.7 cm³/mol. The number of unbranched alkanes of at least 4 members (excludes halogenated alkanes) is 2. The molecule has 3 nitrogen and oxygen atoms in total. The minimum atomic E-state index is 0.544. The van der Waals surface area contributed by atoms with Gasteiger partial charge in [0, 0.05) is 18.2 Å². The summed E-state index contributed by atoms with van der Waals surface area (Å²) in [5, 5.41) is 0. The zero-order chi connectivity index (χ0) is 12.7. The van der Waals surface area contributed by atoms with Crippen molar-refractivity contribution in [2.45, 2.75) is 59.2 Å². The molecule has 0 unspecified atom stereocenters. The molecule has 1 aromatic heterocycles. The smallest absolute Gasteiger partial charge is 0.122 e. The molecule has 0 aromatic carbocycles. The molecule has 1 aromatic rings. The summed E-state index contributed by atoms with van der Waals surface area (Å²) >= 11 is 0. The molecule has 1 heterocycles. The van der Waals surface area contributed by atoms with Gasteiger partial charge in [0.25, 0.3) is 0 Å². The molecule has 0 spiro atoms. The second-order valence-corrected chi connectivity index (χ2v) is 4.84. The van der Waals surface area contributed by atoms with E-state index in [9.17, 15) is 0 Å². The van der Waals surface area contributed by atoms with Crippen molar-refractivity contribution in [2.24, 2.45) is 5.73 Å². The highest BCUT2D eigenvalue weighted by molar-refractivity contribution is 5.16. The Morgan fingerprint density at radius 2 is 2.12 bits per heavy atom. The molecule has 3 heteroatoms. The van der Waals surface area contributed by atoms with Crippen molar-refractivity contribution in [3.63, 3.8) is 0 Å². The molecular formula is C14H26N2O. The lowest BCUT2D eigenvalue weighted by Crippen LogP contribution is -2.31. The summed E-state index contributed by atoms with van der Waals surface area (Å²) in [4.78, 5) is 2.45. The lowest BCUT2D eigenvalue weighted by Gasteiger charge is -2.25. The van der Waals surface area contributed by atoms with Gasteiger partial charge in [-0.2, -0.15) is 0 Å². The van der Waals surface area contributed by atoms with Crippen LogP contribution in [0.1, 0.15) is 51.4 Å². The van der Waals surface area contributed by atoms with E-state index >= 15 is 0 Å². The quantitative estimate of drug-likeness (QED) is 0.707. The Morgan fingerprint density at radius 1 is 1.35 bits per heavy atom. The maximum absolute atomic E-state index is 5.69. The van der Waals surface area contributed by atoms with E-state index in [4.69, 9.17) is 10.2 Å². The topological polar surface area (TPSA) is 42.4 Å². The maximum atomic E-state index is 5.69. The lowest BCUT2D eigenvalue weighted by molar-refractivity contribution is 0.192. The van der Waals surface area contributed by atoms with Crippen LogP contribution in [0.5, 0.6) is 0 Å². The van der Waals surface area contributed by atoms with Crippen LogP contribution in [0, 0.1) is 0 Å². The monoisotopic (exact) mass is 238 g/mol. The van der Waals surface area contributed by atoms with Gasteiger partial charge in [0.05, 0.1) is 12.8 Å². The van der Waals surface area contributed by atoms with Crippen molar-refractivity contribution in [3.05, 3.63) is 23.7 Å². The van der Waals surface area contributed by atoms with Crippen molar-refractivity contribution < 1.29 is 4.42 Å². The molecule has 0 saturated heterocycles. The molecule has 1 rings (SSSR count). The summed E-state index contributed by atoms with van der Waals surface area (Å²) in [6.45, 7) is 9.27. The maximum Gasteiger partial charge on any atom is 0.122 e. The molecule has 98 valence electrons. The van der Waals surface area contributed by atoms with Crippen LogP contribution in [0.3, 0.4) is 0 Å². The van der Waals surface area contributed by atoms with E-state index in [2.05, 4.69) is 25.7 Å². The van der Waals surface area contributed by atoms with Crippen molar-refractivity contribution >= 4 is 0 Å². The van der Waals surface area contributed by atoms with Gasteiger partial charge in [-0.3, -0.25) is 4.90 Å². The molecule has 0 bridgehead atoms. The van der Waals surface area contributed by atoms with E-state index in [1.54, 1.807) is 6.26 Å². The third-order valence-corrected chi connectivity index (χ3v) is 3.18. The van der Waals surface area contributed by atoms with Gasteiger partial charge in [-0.05, 0) is 32.9 Å². The fraction of sp³-hybridized carbons (Fsp3) is 0.714. The molecule has 0 saturated carbocycles. The molecule has 0 aliphatic rings. The number of nitrogens with two attached hydrogens (primary N) is 1. The summed E-state index contributed by atoms with van der Waals surface area (Å²) in [7, 11) is 0. The SMILES string of the molecule is CCCCCN(Cc1occc1CN)C(C)C. The number of rotatable bonds is 8. The van der Waals surface area contributed by atoms with Crippen LogP contribution in [0.2, 0.25) is 0 Å². The summed E-state index contributed by atoms with van der Waals surface area (Å²) in [6, 6.07) is 2.52. The highest BCUT2D eigenvalue weighted by Crippen LogP contribution is 2.15. The zero-order valence-electron chi connectivity index (χ0n) is 11.4. The van der Waals surface area contributed by atoms with Gasteiger partial charge in [0.15, 0.2) is 0 Å². The van der Waals surface area contributed by atoms with Crippen LogP contribution in [-0.2, 0) is 13.1 Å². The summed E-state index contributed by atoms with van der Waals surface area (Å²) in [5.74, 6) is 1.03. The highest BCUT2D eigenvalue weighted by Gasteiger charge is 2.13. The Bertz CT molecular complexity index is 307. The minimum Gasteiger partial charge on any atom is -0.468 e. The van der Waals surface area contributed by atoms with Crippen molar-refractivity contribution in [1.82, 2.24) is 4.90 Å². The number of furan rings is 1. The fourth-order valence-electron chi connectivity index (χ4n) is 1.96. The van der Waals surface area contributed by atoms with Crippen molar-refractivity contribution in [2.75, 3.05) is 6.54 Å². The molecule has 0 fully saturated rings. The average Bonchev–Trinajstić information content (AvgIpc) is 2.75. The van der Waals surface area contributed by atoms with Crippen LogP contribution in [0.25, 0.3) is 0 Å². The first kappa shape index (κ1) is 14.3. The Kier molecular flexibility index (Phi) is 6.30. The summed E-state index contributed by atoms with van der Waals surface area (Å²) in [6.07, 6.45) is 5.56. The lowest BCUT2D eigenvalue weighted by atomic mass is 10.2. The molecule has 0 radical (unpaired) electrons. The predicted octanol–water partition coefficient (Wildman–Crippen LogP) is 3.14. The van der Waals surface area contributed by atoms with Gasteiger partial charge >= 0.3 is 0 Å². The number of hydrogen-bond donors (Lipinski definition) is 1. The third kappa shape index (κ3) is 4.52. The summed E-state index contributed by atoms with van der Waals surface area (Å²) in [5.41, 5.74) is 6.82. The molecule has 0 amide bonds. The van der Waals surface area contributed by atoms with Gasteiger partial charge < -0.3 is 10.2 Å². The van der Waals surface area contributed by atoms with E-state index in [-0.39, 0.29) is 0 Å². The fourth-order valence-corrected chi connectivity index (χ4v) is 1.96. The second kappa shape index (κ2) is 7.51. The van der Waals surface area contributed by atoms with Crippen LogP contribution >= 0.6 is 0 Å². The Labute approximate surface area is 105 Å². The standard InChI is InChI=1S/C14H26N2O/c1-4-5-6-8-16(12(2)3)11-14-13(10-15)7-9-17-14/h7,9,12H,4-6,8,10-11,15H2,1-3H3. The minimum absolute atomic E-state index is 0.544. The van der Waals surface area contributed by atoms with Gasteiger partial charge in [-0.25, -0.2) is 0 Å².